The molecule has 5 heteroatoms. The zero-order valence-corrected chi connectivity index (χ0v) is 11.9. The third kappa shape index (κ3) is 5.40. The van der Waals surface area contributed by atoms with Gasteiger partial charge in [-0.05, 0) is 38.7 Å². The third-order valence-electron chi connectivity index (χ3n) is 2.99. The summed E-state index contributed by atoms with van der Waals surface area (Å²) in [6.07, 6.45) is 1.85. The molecule has 0 bridgehead atoms. The highest BCUT2D eigenvalue weighted by molar-refractivity contribution is 5.89. The van der Waals surface area contributed by atoms with Crippen molar-refractivity contribution >= 4 is 11.9 Å². The summed E-state index contributed by atoms with van der Waals surface area (Å²) in [5, 5.41) is 11.6. The highest BCUT2D eigenvalue weighted by Gasteiger charge is 2.27. The van der Waals surface area contributed by atoms with E-state index in [1.165, 1.54) is 0 Å². The standard InChI is InChI=1S/C15H22N2O3/c1-15(2,16)14(20)17-12(13(18)19)10-6-9-11-7-4-3-5-8-11/h3-5,7-8,12H,6,9-10,16H2,1-2H3,(H,17,20)(H,18,19)/t12-/m1/s1. The molecule has 0 aliphatic rings. The Kier molecular flexibility index (Phi) is 5.70. The number of hydrogen-bond donors (Lipinski definition) is 3. The zero-order chi connectivity index (χ0) is 15.2. The molecule has 1 rings (SSSR count). The van der Waals surface area contributed by atoms with Crippen LogP contribution in [0.2, 0.25) is 0 Å². The number of carbonyl (C=O) groups excluding carboxylic acids is 1. The van der Waals surface area contributed by atoms with Crippen LogP contribution in [-0.4, -0.2) is 28.6 Å². The summed E-state index contributed by atoms with van der Waals surface area (Å²) in [5.74, 6) is -1.49. The molecule has 110 valence electrons. The van der Waals surface area contributed by atoms with Crippen LogP contribution in [0.5, 0.6) is 0 Å². The van der Waals surface area contributed by atoms with Crippen LogP contribution in [-0.2, 0) is 16.0 Å². The lowest BCUT2D eigenvalue weighted by atomic mass is 10.0. The summed E-state index contributed by atoms with van der Waals surface area (Å²) in [4.78, 5) is 22.9. The van der Waals surface area contributed by atoms with Gasteiger partial charge in [-0.1, -0.05) is 30.3 Å². The van der Waals surface area contributed by atoms with Gasteiger partial charge < -0.3 is 16.2 Å². The van der Waals surface area contributed by atoms with E-state index in [1.807, 2.05) is 30.3 Å². The van der Waals surface area contributed by atoms with Crippen molar-refractivity contribution in [1.29, 1.82) is 0 Å². The van der Waals surface area contributed by atoms with Crippen LogP contribution in [0.3, 0.4) is 0 Å². The molecule has 0 radical (unpaired) electrons. The normalized spacial score (nSPS) is 12.8. The van der Waals surface area contributed by atoms with E-state index < -0.39 is 23.5 Å². The van der Waals surface area contributed by atoms with E-state index in [4.69, 9.17) is 10.8 Å². The van der Waals surface area contributed by atoms with Crippen molar-refractivity contribution in [2.24, 2.45) is 5.73 Å². The molecule has 0 aromatic heterocycles. The Morgan fingerprint density at radius 3 is 2.40 bits per heavy atom. The van der Waals surface area contributed by atoms with Gasteiger partial charge in [-0.3, -0.25) is 4.79 Å². The molecule has 0 aliphatic heterocycles. The second-order valence-electron chi connectivity index (χ2n) is 5.46. The summed E-state index contributed by atoms with van der Waals surface area (Å²) in [7, 11) is 0. The first-order chi connectivity index (χ1) is 9.30. The van der Waals surface area contributed by atoms with Gasteiger partial charge in [-0.25, -0.2) is 4.79 Å². The number of benzene rings is 1. The molecule has 1 aromatic rings. The molecule has 1 atom stereocenters. The van der Waals surface area contributed by atoms with Crippen LogP contribution in [0.15, 0.2) is 30.3 Å². The van der Waals surface area contributed by atoms with Gasteiger partial charge in [0.15, 0.2) is 0 Å². The van der Waals surface area contributed by atoms with Crippen LogP contribution in [0.1, 0.15) is 32.3 Å². The Morgan fingerprint density at radius 1 is 1.30 bits per heavy atom. The summed E-state index contributed by atoms with van der Waals surface area (Å²) < 4.78 is 0. The molecule has 0 unspecified atom stereocenters. The molecular formula is C15H22N2O3. The Labute approximate surface area is 119 Å². The summed E-state index contributed by atoms with van der Waals surface area (Å²) in [6, 6.07) is 8.93. The molecule has 20 heavy (non-hydrogen) atoms. The van der Waals surface area contributed by atoms with Crippen molar-refractivity contribution in [2.75, 3.05) is 0 Å². The molecular weight excluding hydrogens is 256 g/mol. The third-order valence-corrected chi connectivity index (χ3v) is 2.99. The number of nitrogens with two attached hydrogens (primary N) is 1. The first-order valence-electron chi connectivity index (χ1n) is 6.67. The van der Waals surface area contributed by atoms with Crippen LogP contribution >= 0.6 is 0 Å². The molecule has 0 saturated carbocycles. The van der Waals surface area contributed by atoms with Gasteiger partial charge >= 0.3 is 5.97 Å². The maximum atomic E-state index is 11.7. The number of carboxylic acid groups (broad SMARTS) is 1. The summed E-state index contributed by atoms with van der Waals surface area (Å²) in [5.41, 5.74) is 5.72. The van der Waals surface area contributed by atoms with Crippen molar-refractivity contribution in [3.63, 3.8) is 0 Å². The number of rotatable bonds is 7. The summed E-state index contributed by atoms with van der Waals surface area (Å²) >= 11 is 0. The SMILES string of the molecule is CC(C)(N)C(=O)N[C@H](CCCc1ccccc1)C(=O)O. The topological polar surface area (TPSA) is 92.4 Å². The number of aryl methyl sites for hydroxylation is 1. The van der Waals surface area contributed by atoms with Gasteiger partial charge in [0, 0.05) is 0 Å². The minimum absolute atomic E-state index is 0.381. The van der Waals surface area contributed by atoms with Gasteiger partial charge in [0.1, 0.15) is 6.04 Å². The Morgan fingerprint density at radius 2 is 1.90 bits per heavy atom. The molecule has 4 N–H and O–H groups in total. The van der Waals surface area contributed by atoms with Crippen LogP contribution in [0.25, 0.3) is 0 Å². The van der Waals surface area contributed by atoms with E-state index in [9.17, 15) is 9.59 Å². The Hall–Kier alpha value is -1.88. The van der Waals surface area contributed by atoms with E-state index in [0.717, 1.165) is 12.0 Å². The molecule has 0 fully saturated rings. The van der Waals surface area contributed by atoms with E-state index in [-0.39, 0.29) is 0 Å². The molecule has 0 heterocycles. The number of hydrogen-bond acceptors (Lipinski definition) is 3. The lowest BCUT2D eigenvalue weighted by molar-refractivity contribution is -0.142. The van der Waals surface area contributed by atoms with Gasteiger partial charge in [-0.15, -0.1) is 0 Å². The maximum absolute atomic E-state index is 11.7. The fourth-order valence-corrected chi connectivity index (χ4v) is 1.76. The molecule has 5 nitrogen and oxygen atoms in total. The van der Waals surface area contributed by atoms with Crippen LogP contribution in [0, 0.1) is 0 Å². The molecule has 0 spiro atoms. The number of aliphatic carboxylic acids is 1. The number of nitrogens with one attached hydrogen (secondary N) is 1. The maximum Gasteiger partial charge on any atom is 0.326 e. The van der Waals surface area contributed by atoms with E-state index >= 15 is 0 Å². The predicted molar refractivity (Wildman–Crippen MR) is 77.2 cm³/mol. The van der Waals surface area contributed by atoms with Gasteiger partial charge in [0.05, 0.1) is 5.54 Å². The van der Waals surface area contributed by atoms with Crippen molar-refractivity contribution in [1.82, 2.24) is 5.32 Å². The molecule has 1 amide bonds. The quantitative estimate of drug-likeness (QED) is 0.701. The highest BCUT2D eigenvalue weighted by Crippen LogP contribution is 2.08. The van der Waals surface area contributed by atoms with Gasteiger partial charge in [0.25, 0.3) is 0 Å². The molecule has 0 saturated heterocycles. The van der Waals surface area contributed by atoms with E-state index in [0.29, 0.717) is 12.8 Å². The Bertz CT molecular complexity index is 452. The average molecular weight is 278 g/mol. The van der Waals surface area contributed by atoms with Crippen molar-refractivity contribution in [3.05, 3.63) is 35.9 Å². The van der Waals surface area contributed by atoms with Crippen LogP contribution in [0.4, 0.5) is 0 Å². The van der Waals surface area contributed by atoms with E-state index in [2.05, 4.69) is 5.32 Å². The van der Waals surface area contributed by atoms with Crippen molar-refractivity contribution < 1.29 is 14.7 Å². The first-order valence-corrected chi connectivity index (χ1v) is 6.67. The average Bonchev–Trinajstić information content (AvgIpc) is 2.37. The second-order valence-corrected chi connectivity index (χ2v) is 5.46. The smallest absolute Gasteiger partial charge is 0.326 e. The second kappa shape index (κ2) is 7.05. The monoisotopic (exact) mass is 278 g/mol. The lowest BCUT2D eigenvalue weighted by Gasteiger charge is -2.21. The van der Waals surface area contributed by atoms with Gasteiger partial charge in [-0.2, -0.15) is 0 Å². The molecule has 0 aliphatic carbocycles. The van der Waals surface area contributed by atoms with Crippen molar-refractivity contribution in [2.45, 2.75) is 44.7 Å². The Balaban J connectivity index is 2.48. The van der Waals surface area contributed by atoms with Crippen molar-refractivity contribution in [3.8, 4) is 0 Å². The predicted octanol–water partition coefficient (Wildman–Crippen LogP) is 1.32. The highest BCUT2D eigenvalue weighted by atomic mass is 16.4. The minimum Gasteiger partial charge on any atom is -0.480 e. The fraction of sp³-hybridized carbons (Fsp3) is 0.467. The first kappa shape index (κ1) is 16.2. The van der Waals surface area contributed by atoms with E-state index in [1.54, 1.807) is 13.8 Å². The number of carboxylic acids is 1. The van der Waals surface area contributed by atoms with Gasteiger partial charge in [0.2, 0.25) is 5.91 Å². The fourth-order valence-electron chi connectivity index (χ4n) is 1.76. The lowest BCUT2D eigenvalue weighted by Crippen LogP contribution is -2.54. The molecule has 1 aromatic carbocycles. The van der Waals surface area contributed by atoms with Crippen LogP contribution < -0.4 is 11.1 Å². The zero-order valence-electron chi connectivity index (χ0n) is 11.9. The number of amides is 1. The summed E-state index contributed by atoms with van der Waals surface area (Å²) in [6.45, 7) is 3.09. The minimum atomic E-state index is -1.08. The largest absolute Gasteiger partial charge is 0.480 e. The number of carbonyl (C=O) groups is 2.